The van der Waals surface area contributed by atoms with E-state index >= 15 is 0 Å². The zero-order valence-electron chi connectivity index (χ0n) is 15.7. The van der Waals surface area contributed by atoms with Crippen LogP contribution in [-0.2, 0) is 13.1 Å². The quantitative estimate of drug-likeness (QED) is 0.459. The maximum Gasteiger partial charge on any atom is 0.191 e. The molecule has 0 radical (unpaired) electrons. The van der Waals surface area contributed by atoms with E-state index in [1.807, 2.05) is 50.2 Å². The van der Waals surface area contributed by atoms with Crippen molar-refractivity contribution in [1.82, 2.24) is 19.3 Å². The number of aryl methyl sites for hydroxylation is 1. The summed E-state index contributed by atoms with van der Waals surface area (Å²) in [6.45, 7) is 9.85. The fourth-order valence-electron chi connectivity index (χ4n) is 3.26. The van der Waals surface area contributed by atoms with Crippen molar-refractivity contribution in [3.05, 3.63) is 53.3 Å². The number of aromatic nitrogens is 4. The number of ketones is 1. The zero-order chi connectivity index (χ0) is 18.7. The number of carbonyl (C=O) groups excluding carboxylic acids is 1. The molecule has 0 unspecified atom stereocenters. The summed E-state index contributed by atoms with van der Waals surface area (Å²) in [4.78, 5) is 12.7. The van der Waals surface area contributed by atoms with Gasteiger partial charge in [0.05, 0.1) is 5.75 Å². The molecule has 0 aliphatic carbocycles. The highest BCUT2D eigenvalue weighted by Crippen LogP contribution is 2.25. The molecule has 26 heavy (non-hydrogen) atoms. The average molecular weight is 369 g/mol. The Morgan fingerprint density at radius 2 is 1.73 bits per heavy atom. The van der Waals surface area contributed by atoms with Crippen LogP contribution >= 0.6 is 11.8 Å². The molecule has 0 aliphatic heterocycles. The van der Waals surface area contributed by atoms with Crippen LogP contribution in [0.5, 0.6) is 0 Å². The molecule has 0 spiro atoms. The third-order valence-corrected chi connectivity index (χ3v) is 5.55. The topological polar surface area (TPSA) is 52.7 Å². The molecule has 0 atom stereocenters. The van der Waals surface area contributed by atoms with Crippen LogP contribution in [0.4, 0.5) is 0 Å². The Kier molecular flexibility index (Phi) is 5.61. The average Bonchev–Trinajstić information content (AvgIpc) is 3.20. The standard InChI is InChI=1S/C20H24N4OS/c1-5-23-14(3)12-17(15(23)4)18(25)13-26-20-22-21-19(24(20)6-2)16-10-8-7-9-11-16/h7-12H,5-6,13H2,1-4H3. The summed E-state index contributed by atoms with van der Waals surface area (Å²) >= 11 is 1.45. The number of rotatable bonds is 7. The van der Waals surface area contributed by atoms with E-state index in [0.717, 1.165) is 46.6 Å². The monoisotopic (exact) mass is 368 g/mol. The predicted molar refractivity (Wildman–Crippen MR) is 106 cm³/mol. The maximum absolute atomic E-state index is 12.7. The van der Waals surface area contributed by atoms with Crippen molar-refractivity contribution < 1.29 is 4.79 Å². The molecule has 2 aromatic heterocycles. The Morgan fingerprint density at radius 1 is 1.04 bits per heavy atom. The largest absolute Gasteiger partial charge is 0.349 e. The van der Waals surface area contributed by atoms with E-state index in [1.54, 1.807) is 0 Å². The number of thioether (sulfide) groups is 1. The smallest absolute Gasteiger partial charge is 0.191 e. The summed E-state index contributed by atoms with van der Waals surface area (Å²) in [5, 5.41) is 9.42. The summed E-state index contributed by atoms with van der Waals surface area (Å²) in [5.41, 5.74) is 4.01. The minimum absolute atomic E-state index is 0.134. The Labute approximate surface area is 158 Å². The van der Waals surface area contributed by atoms with Crippen LogP contribution < -0.4 is 0 Å². The van der Waals surface area contributed by atoms with Gasteiger partial charge in [0.2, 0.25) is 0 Å². The van der Waals surface area contributed by atoms with E-state index in [0.29, 0.717) is 5.75 Å². The van der Waals surface area contributed by atoms with Gasteiger partial charge in [-0.3, -0.25) is 4.79 Å². The molecule has 1 aromatic carbocycles. The molecule has 3 rings (SSSR count). The van der Waals surface area contributed by atoms with E-state index in [9.17, 15) is 4.79 Å². The highest BCUT2D eigenvalue weighted by Gasteiger charge is 2.18. The number of carbonyl (C=O) groups is 1. The van der Waals surface area contributed by atoms with Crippen molar-refractivity contribution in [3.63, 3.8) is 0 Å². The van der Waals surface area contributed by atoms with Gasteiger partial charge in [0.15, 0.2) is 16.8 Å². The Hall–Kier alpha value is -2.34. The first kappa shape index (κ1) is 18.5. The molecule has 5 nitrogen and oxygen atoms in total. The third-order valence-electron chi connectivity index (χ3n) is 4.59. The lowest BCUT2D eigenvalue weighted by Gasteiger charge is -2.07. The highest BCUT2D eigenvalue weighted by atomic mass is 32.2. The fraction of sp³-hybridized carbons (Fsp3) is 0.350. The molecule has 6 heteroatoms. The molecular weight excluding hydrogens is 344 g/mol. The SMILES string of the molecule is CCn1c(SCC(=O)c2cc(C)n(CC)c2C)nnc1-c1ccccc1. The van der Waals surface area contributed by atoms with Crippen LogP contribution in [0.3, 0.4) is 0 Å². The van der Waals surface area contributed by atoms with Crippen molar-refractivity contribution in [3.8, 4) is 11.4 Å². The lowest BCUT2D eigenvalue weighted by molar-refractivity contribution is 0.102. The van der Waals surface area contributed by atoms with Gasteiger partial charge < -0.3 is 9.13 Å². The first-order valence-electron chi connectivity index (χ1n) is 8.88. The minimum Gasteiger partial charge on any atom is -0.349 e. The Balaban J connectivity index is 1.78. The van der Waals surface area contributed by atoms with Crippen LogP contribution in [-0.4, -0.2) is 30.9 Å². The molecule has 3 aromatic rings. The second-order valence-electron chi connectivity index (χ2n) is 6.16. The second-order valence-corrected chi connectivity index (χ2v) is 7.10. The summed E-state index contributed by atoms with van der Waals surface area (Å²) in [6.07, 6.45) is 0. The summed E-state index contributed by atoms with van der Waals surface area (Å²) < 4.78 is 4.22. The van der Waals surface area contributed by atoms with Crippen LogP contribution in [0.1, 0.15) is 35.6 Å². The third kappa shape index (κ3) is 3.46. The number of hydrogen-bond acceptors (Lipinski definition) is 4. The lowest BCUT2D eigenvalue weighted by Crippen LogP contribution is -2.07. The molecule has 0 aliphatic rings. The van der Waals surface area contributed by atoms with Crippen molar-refractivity contribution in [2.24, 2.45) is 0 Å². The first-order valence-corrected chi connectivity index (χ1v) is 9.86. The molecule has 0 bridgehead atoms. The van der Waals surface area contributed by atoms with Gasteiger partial charge in [-0.05, 0) is 33.8 Å². The van der Waals surface area contributed by atoms with Crippen molar-refractivity contribution in [1.29, 1.82) is 0 Å². The number of nitrogens with zero attached hydrogens (tertiary/aromatic N) is 4. The van der Waals surface area contributed by atoms with Crippen LogP contribution in [0.25, 0.3) is 11.4 Å². The highest BCUT2D eigenvalue weighted by molar-refractivity contribution is 7.99. The molecule has 2 heterocycles. The van der Waals surface area contributed by atoms with Gasteiger partial charge in [-0.15, -0.1) is 10.2 Å². The van der Waals surface area contributed by atoms with E-state index in [1.165, 1.54) is 11.8 Å². The van der Waals surface area contributed by atoms with E-state index in [2.05, 4.69) is 33.2 Å². The lowest BCUT2D eigenvalue weighted by atomic mass is 10.2. The first-order chi connectivity index (χ1) is 12.6. The fourth-order valence-corrected chi connectivity index (χ4v) is 4.14. The van der Waals surface area contributed by atoms with Gasteiger partial charge in [0, 0.05) is 35.6 Å². The normalized spacial score (nSPS) is 11.1. The second kappa shape index (κ2) is 7.91. The summed E-state index contributed by atoms with van der Waals surface area (Å²) in [5.74, 6) is 1.34. The predicted octanol–water partition coefficient (Wildman–Crippen LogP) is 4.38. The zero-order valence-corrected chi connectivity index (χ0v) is 16.5. The van der Waals surface area contributed by atoms with E-state index in [4.69, 9.17) is 0 Å². The van der Waals surface area contributed by atoms with Crippen LogP contribution in [0, 0.1) is 13.8 Å². The molecule has 0 N–H and O–H groups in total. The van der Waals surface area contributed by atoms with Crippen molar-refractivity contribution in [2.75, 3.05) is 5.75 Å². The summed E-state index contributed by atoms with van der Waals surface area (Å²) in [7, 11) is 0. The van der Waals surface area contributed by atoms with Gasteiger partial charge >= 0.3 is 0 Å². The molecule has 0 saturated carbocycles. The summed E-state index contributed by atoms with van der Waals surface area (Å²) in [6, 6.07) is 12.0. The number of benzene rings is 1. The molecule has 0 saturated heterocycles. The van der Waals surface area contributed by atoms with Gasteiger partial charge in [-0.2, -0.15) is 0 Å². The molecule has 136 valence electrons. The van der Waals surface area contributed by atoms with Crippen molar-refractivity contribution >= 4 is 17.5 Å². The van der Waals surface area contributed by atoms with E-state index < -0.39 is 0 Å². The van der Waals surface area contributed by atoms with Gasteiger partial charge in [0.25, 0.3) is 0 Å². The van der Waals surface area contributed by atoms with Gasteiger partial charge in [-0.25, -0.2) is 0 Å². The maximum atomic E-state index is 12.7. The van der Waals surface area contributed by atoms with Gasteiger partial charge in [0.1, 0.15) is 0 Å². The molecular formula is C20H24N4OS. The van der Waals surface area contributed by atoms with E-state index in [-0.39, 0.29) is 5.78 Å². The Bertz CT molecular complexity index is 912. The molecule has 0 fully saturated rings. The molecule has 0 amide bonds. The minimum atomic E-state index is 0.134. The van der Waals surface area contributed by atoms with Gasteiger partial charge in [-0.1, -0.05) is 42.1 Å². The Morgan fingerprint density at radius 3 is 2.35 bits per heavy atom. The van der Waals surface area contributed by atoms with Crippen LogP contribution in [0.15, 0.2) is 41.6 Å². The number of hydrogen-bond donors (Lipinski definition) is 0. The van der Waals surface area contributed by atoms with Crippen molar-refractivity contribution in [2.45, 2.75) is 45.9 Å². The number of Topliss-reactive ketones (excluding diaryl/α,β-unsaturated/α-hetero) is 1. The van der Waals surface area contributed by atoms with Crippen LogP contribution in [0.2, 0.25) is 0 Å².